The van der Waals surface area contributed by atoms with Gasteiger partial charge in [0.25, 0.3) is 5.91 Å². The van der Waals surface area contributed by atoms with Crippen LogP contribution in [0.3, 0.4) is 0 Å². The van der Waals surface area contributed by atoms with Crippen LogP contribution in [-0.4, -0.2) is 27.4 Å². The fraction of sp³-hybridized carbons (Fsp3) is 0.357. The molecular formula is C14H16FN5O. The number of benzene rings is 1. The molecule has 7 heteroatoms. The number of carbonyl (C=O) groups excluding carboxylic acids is 1. The molecular weight excluding hydrogens is 273 g/mol. The van der Waals surface area contributed by atoms with Crippen LogP contribution < -0.4 is 10.6 Å². The van der Waals surface area contributed by atoms with E-state index in [9.17, 15) is 9.18 Å². The number of nitrogens with one attached hydrogen (secondary N) is 3. The van der Waals surface area contributed by atoms with Gasteiger partial charge in [-0.25, -0.2) is 4.39 Å². The second-order valence-corrected chi connectivity index (χ2v) is 5.08. The van der Waals surface area contributed by atoms with Crippen molar-refractivity contribution in [2.75, 3.05) is 5.32 Å². The summed E-state index contributed by atoms with van der Waals surface area (Å²) >= 11 is 0. The summed E-state index contributed by atoms with van der Waals surface area (Å²) in [4.78, 5) is 12.2. The SMILES string of the molecule is O=C(NC1CCCC1)c1n[nH]nc1Nc1ccccc1F. The van der Waals surface area contributed by atoms with Crippen molar-refractivity contribution in [1.82, 2.24) is 20.7 Å². The van der Waals surface area contributed by atoms with Gasteiger partial charge >= 0.3 is 0 Å². The zero-order valence-electron chi connectivity index (χ0n) is 11.4. The van der Waals surface area contributed by atoms with E-state index in [1.54, 1.807) is 18.2 Å². The molecule has 21 heavy (non-hydrogen) atoms. The highest BCUT2D eigenvalue weighted by molar-refractivity contribution is 5.97. The predicted molar refractivity (Wildman–Crippen MR) is 75.8 cm³/mol. The third kappa shape index (κ3) is 3.01. The first-order chi connectivity index (χ1) is 10.2. The Morgan fingerprint density at radius 2 is 2.00 bits per heavy atom. The second kappa shape index (κ2) is 5.90. The number of anilines is 2. The molecule has 6 nitrogen and oxygen atoms in total. The van der Waals surface area contributed by atoms with Crippen molar-refractivity contribution in [1.29, 1.82) is 0 Å². The van der Waals surface area contributed by atoms with Gasteiger partial charge in [0.1, 0.15) is 5.82 Å². The Labute approximate surface area is 121 Å². The number of aromatic amines is 1. The zero-order valence-corrected chi connectivity index (χ0v) is 11.4. The molecule has 1 aromatic carbocycles. The van der Waals surface area contributed by atoms with Crippen LogP contribution in [0.2, 0.25) is 0 Å². The van der Waals surface area contributed by atoms with E-state index in [0.29, 0.717) is 0 Å². The molecule has 0 radical (unpaired) electrons. The fourth-order valence-electron chi connectivity index (χ4n) is 2.49. The van der Waals surface area contributed by atoms with Crippen molar-refractivity contribution in [3.63, 3.8) is 0 Å². The summed E-state index contributed by atoms with van der Waals surface area (Å²) in [6.45, 7) is 0. The average Bonchev–Trinajstić information content (AvgIpc) is 3.12. The van der Waals surface area contributed by atoms with Crippen LogP contribution in [0.1, 0.15) is 36.2 Å². The Morgan fingerprint density at radius 3 is 2.76 bits per heavy atom. The van der Waals surface area contributed by atoms with Crippen LogP contribution >= 0.6 is 0 Å². The van der Waals surface area contributed by atoms with Crippen LogP contribution in [-0.2, 0) is 0 Å². The van der Waals surface area contributed by atoms with Crippen LogP contribution in [0.15, 0.2) is 24.3 Å². The molecule has 3 rings (SSSR count). The molecule has 1 aliphatic rings. The van der Waals surface area contributed by atoms with E-state index in [-0.39, 0.29) is 29.1 Å². The van der Waals surface area contributed by atoms with E-state index in [2.05, 4.69) is 26.0 Å². The van der Waals surface area contributed by atoms with E-state index >= 15 is 0 Å². The lowest BCUT2D eigenvalue weighted by Crippen LogP contribution is -2.33. The lowest BCUT2D eigenvalue weighted by molar-refractivity contribution is 0.0933. The Hall–Kier alpha value is -2.44. The van der Waals surface area contributed by atoms with Crippen LogP contribution in [0.4, 0.5) is 15.9 Å². The molecule has 1 heterocycles. The molecule has 0 aliphatic heterocycles. The van der Waals surface area contributed by atoms with Crippen molar-refractivity contribution in [3.05, 3.63) is 35.8 Å². The van der Waals surface area contributed by atoms with Gasteiger partial charge in [0.05, 0.1) is 5.69 Å². The number of amides is 1. The smallest absolute Gasteiger partial charge is 0.275 e. The van der Waals surface area contributed by atoms with Crippen molar-refractivity contribution >= 4 is 17.4 Å². The van der Waals surface area contributed by atoms with Gasteiger partial charge in [-0.05, 0) is 25.0 Å². The molecule has 1 amide bonds. The Kier molecular flexibility index (Phi) is 3.81. The molecule has 0 bridgehead atoms. The summed E-state index contributed by atoms with van der Waals surface area (Å²) in [5.74, 6) is -0.493. The maximum atomic E-state index is 13.6. The van der Waals surface area contributed by atoms with Gasteiger partial charge in [0.15, 0.2) is 11.5 Å². The number of hydrogen-bond donors (Lipinski definition) is 3. The summed E-state index contributed by atoms with van der Waals surface area (Å²) in [6, 6.07) is 6.39. The summed E-state index contributed by atoms with van der Waals surface area (Å²) in [5.41, 5.74) is 0.395. The van der Waals surface area contributed by atoms with Gasteiger partial charge in [-0.1, -0.05) is 25.0 Å². The van der Waals surface area contributed by atoms with Gasteiger partial charge in [0.2, 0.25) is 0 Å². The van der Waals surface area contributed by atoms with Gasteiger partial charge in [-0.2, -0.15) is 5.21 Å². The zero-order chi connectivity index (χ0) is 14.7. The lowest BCUT2D eigenvalue weighted by Gasteiger charge is -2.11. The van der Waals surface area contributed by atoms with E-state index in [0.717, 1.165) is 25.7 Å². The summed E-state index contributed by atoms with van der Waals surface area (Å²) in [5, 5.41) is 15.8. The Morgan fingerprint density at radius 1 is 1.24 bits per heavy atom. The number of H-pyrrole nitrogens is 1. The second-order valence-electron chi connectivity index (χ2n) is 5.08. The molecule has 1 saturated carbocycles. The standard InChI is InChI=1S/C14H16FN5O/c15-10-7-3-4-8-11(10)17-13-12(18-20-19-13)14(21)16-9-5-1-2-6-9/h3-4,7-9H,1-2,5-6H2,(H,16,21)(H2,17,18,19,20). The van der Waals surface area contributed by atoms with Crippen molar-refractivity contribution in [3.8, 4) is 0 Å². The summed E-state index contributed by atoms with van der Waals surface area (Å²) in [6.07, 6.45) is 4.23. The van der Waals surface area contributed by atoms with E-state index < -0.39 is 5.82 Å². The molecule has 2 aromatic rings. The molecule has 0 unspecified atom stereocenters. The number of rotatable bonds is 4. The minimum Gasteiger partial charge on any atom is -0.348 e. The van der Waals surface area contributed by atoms with Gasteiger partial charge in [0, 0.05) is 6.04 Å². The third-order valence-electron chi connectivity index (χ3n) is 3.58. The van der Waals surface area contributed by atoms with E-state index in [4.69, 9.17) is 0 Å². The third-order valence-corrected chi connectivity index (χ3v) is 3.58. The number of hydrogen-bond acceptors (Lipinski definition) is 4. The Bertz CT molecular complexity index is 636. The minimum atomic E-state index is -0.414. The molecule has 3 N–H and O–H groups in total. The molecule has 1 aromatic heterocycles. The predicted octanol–water partition coefficient (Wildman–Crippen LogP) is 2.36. The first kappa shape index (κ1) is 13.5. The summed E-state index contributed by atoms with van der Waals surface area (Å²) in [7, 11) is 0. The average molecular weight is 289 g/mol. The quantitative estimate of drug-likeness (QED) is 0.807. The first-order valence-corrected chi connectivity index (χ1v) is 6.97. The maximum absolute atomic E-state index is 13.6. The Balaban J connectivity index is 1.74. The molecule has 1 aliphatic carbocycles. The molecule has 0 spiro atoms. The summed E-state index contributed by atoms with van der Waals surface area (Å²) < 4.78 is 13.6. The number of aromatic nitrogens is 3. The number of carbonyl (C=O) groups is 1. The highest BCUT2D eigenvalue weighted by Crippen LogP contribution is 2.21. The maximum Gasteiger partial charge on any atom is 0.275 e. The molecule has 110 valence electrons. The molecule has 1 fully saturated rings. The van der Waals surface area contributed by atoms with E-state index in [1.807, 2.05) is 0 Å². The molecule has 0 atom stereocenters. The highest BCUT2D eigenvalue weighted by atomic mass is 19.1. The van der Waals surface area contributed by atoms with Gasteiger partial charge in [-0.3, -0.25) is 4.79 Å². The van der Waals surface area contributed by atoms with Crippen molar-refractivity contribution in [2.45, 2.75) is 31.7 Å². The number of halogens is 1. The van der Waals surface area contributed by atoms with Crippen molar-refractivity contribution < 1.29 is 9.18 Å². The topological polar surface area (TPSA) is 82.7 Å². The first-order valence-electron chi connectivity index (χ1n) is 6.97. The van der Waals surface area contributed by atoms with Crippen LogP contribution in [0.25, 0.3) is 0 Å². The van der Waals surface area contributed by atoms with Crippen LogP contribution in [0.5, 0.6) is 0 Å². The van der Waals surface area contributed by atoms with Crippen molar-refractivity contribution in [2.24, 2.45) is 0 Å². The minimum absolute atomic E-state index is 0.144. The highest BCUT2D eigenvalue weighted by Gasteiger charge is 2.22. The number of para-hydroxylation sites is 1. The normalized spacial score (nSPS) is 15.1. The van der Waals surface area contributed by atoms with E-state index in [1.165, 1.54) is 6.07 Å². The largest absolute Gasteiger partial charge is 0.348 e. The van der Waals surface area contributed by atoms with Gasteiger partial charge < -0.3 is 10.6 Å². The van der Waals surface area contributed by atoms with Gasteiger partial charge in [-0.15, -0.1) is 10.2 Å². The lowest BCUT2D eigenvalue weighted by atomic mass is 10.2. The monoisotopic (exact) mass is 289 g/mol. The fourth-order valence-corrected chi connectivity index (χ4v) is 2.49. The number of nitrogens with zero attached hydrogens (tertiary/aromatic N) is 2. The van der Waals surface area contributed by atoms with Crippen LogP contribution in [0, 0.1) is 5.82 Å². The molecule has 0 saturated heterocycles.